The first-order chi connectivity index (χ1) is 9.30. The molecule has 4 nitrogen and oxygen atoms in total. The highest BCUT2D eigenvalue weighted by atomic mass is 32.2. The van der Waals surface area contributed by atoms with E-state index in [0.29, 0.717) is 17.9 Å². The number of aliphatic hydroxyl groups is 1. The molecule has 0 aliphatic carbocycles. The summed E-state index contributed by atoms with van der Waals surface area (Å²) < 4.78 is 26.7. The van der Waals surface area contributed by atoms with Crippen molar-refractivity contribution in [2.24, 2.45) is 5.41 Å². The molecule has 0 saturated carbocycles. The zero-order valence-corrected chi connectivity index (χ0v) is 13.3. The van der Waals surface area contributed by atoms with Crippen molar-refractivity contribution < 1.29 is 13.5 Å². The van der Waals surface area contributed by atoms with Gasteiger partial charge >= 0.3 is 0 Å². The zero-order chi connectivity index (χ0) is 15.2. The summed E-state index contributed by atoms with van der Waals surface area (Å²) in [6.07, 6.45) is 2.38. The smallest absolute Gasteiger partial charge is 0.240 e. The summed E-state index contributed by atoms with van der Waals surface area (Å²) in [5.74, 6) is 0. The van der Waals surface area contributed by atoms with Crippen LogP contribution >= 0.6 is 0 Å². The summed E-state index contributed by atoms with van der Waals surface area (Å²) in [5.41, 5.74) is 0.961. The predicted molar refractivity (Wildman–Crippen MR) is 81.1 cm³/mol. The number of benzene rings is 1. The Labute approximate surface area is 122 Å². The van der Waals surface area contributed by atoms with Crippen molar-refractivity contribution in [3.63, 3.8) is 0 Å². The monoisotopic (exact) mass is 299 g/mol. The first-order valence-corrected chi connectivity index (χ1v) is 8.48. The average Bonchev–Trinajstić information content (AvgIpc) is 2.44. The summed E-state index contributed by atoms with van der Waals surface area (Å²) in [6.45, 7) is 6.46. The molecule has 114 valence electrons. The second-order valence-electron chi connectivity index (χ2n) is 5.82. The fourth-order valence-corrected chi connectivity index (χ4v) is 2.91. The van der Waals surface area contributed by atoms with Gasteiger partial charge in [-0.25, -0.2) is 13.1 Å². The molecule has 1 aromatic rings. The largest absolute Gasteiger partial charge is 0.396 e. The van der Waals surface area contributed by atoms with Gasteiger partial charge in [0.1, 0.15) is 0 Å². The lowest BCUT2D eigenvalue weighted by molar-refractivity contribution is 0.148. The van der Waals surface area contributed by atoms with Crippen LogP contribution in [0, 0.1) is 5.41 Å². The van der Waals surface area contributed by atoms with Gasteiger partial charge < -0.3 is 5.11 Å². The molecule has 0 spiro atoms. The van der Waals surface area contributed by atoms with E-state index in [-0.39, 0.29) is 12.0 Å². The summed E-state index contributed by atoms with van der Waals surface area (Å²) in [6, 6.07) is 6.95. The highest BCUT2D eigenvalue weighted by Gasteiger charge is 2.17. The SMILES string of the molecule is CCc1ccc(S(=O)(=O)NCCCC(C)(C)CO)cc1. The fourth-order valence-electron chi connectivity index (χ4n) is 1.84. The summed E-state index contributed by atoms with van der Waals surface area (Å²) in [4.78, 5) is 0.302. The highest BCUT2D eigenvalue weighted by Crippen LogP contribution is 2.20. The Morgan fingerprint density at radius 2 is 1.80 bits per heavy atom. The van der Waals surface area contributed by atoms with E-state index in [9.17, 15) is 8.42 Å². The van der Waals surface area contributed by atoms with Gasteiger partial charge in [0.25, 0.3) is 0 Å². The molecular formula is C15H25NO3S. The van der Waals surface area contributed by atoms with E-state index in [2.05, 4.69) is 4.72 Å². The van der Waals surface area contributed by atoms with Gasteiger partial charge in [-0.2, -0.15) is 0 Å². The number of aryl methyl sites for hydroxylation is 1. The van der Waals surface area contributed by atoms with Crippen LogP contribution in [0.15, 0.2) is 29.2 Å². The molecule has 2 N–H and O–H groups in total. The van der Waals surface area contributed by atoms with Gasteiger partial charge in [0, 0.05) is 13.2 Å². The maximum atomic E-state index is 12.1. The fraction of sp³-hybridized carbons (Fsp3) is 0.600. The molecular weight excluding hydrogens is 274 g/mol. The Hall–Kier alpha value is -0.910. The van der Waals surface area contributed by atoms with Gasteiger partial charge in [-0.15, -0.1) is 0 Å². The van der Waals surface area contributed by atoms with E-state index in [1.54, 1.807) is 12.1 Å². The van der Waals surface area contributed by atoms with Crippen LogP contribution in [0.25, 0.3) is 0 Å². The van der Waals surface area contributed by atoms with Crippen LogP contribution in [0.4, 0.5) is 0 Å². The van der Waals surface area contributed by atoms with E-state index in [4.69, 9.17) is 5.11 Å². The van der Waals surface area contributed by atoms with Crippen LogP contribution in [-0.2, 0) is 16.4 Å². The number of sulfonamides is 1. The van der Waals surface area contributed by atoms with E-state index in [0.717, 1.165) is 18.4 Å². The maximum Gasteiger partial charge on any atom is 0.240 e. The number of rotatable bonds is 8. The third-order valence-corrected chi connectivity index (χ3v) is 4.87. The van der Waals surface area contributed by atoms with Crippen molar-refractivity contribution in [2.75, 3.05) is 13.2 Å². The van der Waals surface area contributed by atoms with Crippen molar-refractivity contribution >= 4 is 10.0 Å². The van der Waals surface area contributed by atoms with Gasteiger partial charge in [0.2, 0.25) is 10.0 Å². The normalized spacial score (nSPS) is 12.6. The molecule has 0 radical (unpaired) electrons. The molecule has 0 atom stereocenters. The Kier molecular flexibility index (Phi) is 6.17. The molecule has 0 aliphatic rings. The van der Waals surface area contributed by atoms with Crippen LogP contribution in [0.2, 0.25) is 0 Å². The van der Waals surface area contributed by atoms with Crippen molar-refractivity contribution in [1.29, 1.82) is 0 Å². The van der Waals surface area contributed by atoms with E-state index in [1.807, 2.05) is 32.9 Å². The van der Waals surface area contributed by atoms with E-state index >= 15 is 0 Å². The van der Waals surface area contributed by atoms with Crippen molar-refractivity contribution in [3.8, 4) is 0 Å². The van der Waals surface area contributed by atoms with Crippen molar-refractivity contribution in [1.82, 2.24) is 4.72 Å². The third kappa shape index (κ3) is 5.23. The Balaban J connectivity index is 2.53. The number of hydrogen-bond donors (Lipinski definition) is 2. The van der Waals surface area contributed by atoms with Crippen LogP contribution in [-0.4, -0.2) is 26.7 Å². The first-order valence-electron chi connectivity index (χ1n) is 7.00. The number of hydrogen-bond acceptors (Lipinski definition) is 3. The summed E-state index contributed by atoms with van der Waals surface area (Å²) in [7, 11) is -3.42. The van der Waals surface area contributed by atoms with Crippen LogP contribution in [0.1, 0.15) is 39.2 Å². The van der Waals surface area contributed by atoms with E-state index in [1.165, 1.54) is 0 Å². The van der Waals surface area contributed by atoms with Gasteiger partial charge in [-0.1, -0.05) is 32.9 Å². The molecule has 0 saturated heterocycles. The minimum absolute atomic E-state index is 0.109. The third-order valence-electron chi connectivity index (χ3n) is 3.39. The molecule has 0 fully saturated rings. The van der Waals surface area contributed by atoms with Crippen molar-refractivity contribution in [2.45, 2.75) is 44.9 Å². The molecule has 1 rings (SSSR count). The highest BCUT2D eigenvalue weighted by molar-refractivity contribution is 7.89. The first kappa shape index (κ1) is 17.1. The Bertz CT molecular complexity index is 506. The van der Waals surface area contributed by atoms with Gasteiger partial charge in [0.05, 0.1) is 4.90 Å². The van der Waals surface area contributed by atoms with E-state index < -0.39 is 10.0 Å². The molecule has 0 unspecified atom stereocenters. The Morgan fingerprint density at radius 1 is 1.20 bits per heavy atom. The summed E-state index contributed by atoms with van der Waals surface area (Å²) >= 11 is 0. The maximum absolute atomic E-state index is 12.1. The Morgan fingerprint density at radius 3 is 2.30 bits per heavy atom. The topological polar surface area (TPSA) is 66.4 Å². The lowest BCUT2D eigenvalue weighted by atomic mass is 9.89. The molecule has 20 heavy (non-hydrogen) atoms. The summed E-state index contributed by atoms with van der Waals surface area (Å²) in [5, 5.41) is 9.14. The van der Waals surface area contributed by atoms with Crippen LogP contribution in [0.3, 0.4) is 0 Å². The number of aliphatic hydroxyl groups excluding tert-OH is 1. The zero-order valence-electron chi connectivity index (χ0n) is 12.5. The molecule has 0 heterocycles. The average molecular weight is 299 g/mol. The quantitative estimate of drug-likeness (QED) is 0.724. The second-order valence-corrected chi connectivity index (χ2v) is 7.59. The van der Waals surface area contributed by atoms with Crippen LogP contribution < -0.4 is 4.72 Å². The second kappa shape index (κ2) is 7.20. The molecule has 0 aromatic heterocycles. The lowest BCUT2D eigenvalue weighted by Crippen LogP contribution is -2.26. The standard InChI is InChI=1S/C15H25NO3S/c1-4-13-6-8-14(9-7-13)20(18,19)16-11-5-10-15(2,3)12-17/h6-9,16-17H,4-5,10-12H2,1-3H3. The number of nitrogens with one attached hydrogen (secondary N) is 1. The van der Waals surface area contributed by atoms with Gasteiger partial charge in [-0.3, -0.25) is 0 Å². The molecule has 1 aromatic carbocycles. The van der Waals surface area contributed by atoms with Gasteiger partial charge in [-0.05, 0) is 42.4 Å². The predicted octanol–water partition coefficient (Wildman–Crippen LogP) is 2.33. The van der Waals surface area contributed by atoms with Crippen molar-refractivity contribution in [3.05, 3.63) is 29.8 Å². The van der Waals surface area contributed by atoms with Crippen LogP contribution in [0.5, 0.6) is 0 Å². The van der Waals surface area contributed by atoms with Gasteiger partial charge in [0.15, 0.2) is 0 Å². The lowest BCUT2D eigenvalue weighted by Gasteiger charge is -2.21. The molecule has 0 aliphatic heterocycles. The molecule has 5 heteroatoms. The minimum atomic E-state index is -3.42. The molecule has 0 bridgehead atoms. The minimum Gasteiger partial charge on any atom is -0.396 e. The molecule has 0 amide bonds.